The molecule has 2 aliphatic heterocycles. The van der Waals surface area contributed by atoms with Crippen molar-refractivity contribution >= 4 is 34.7 Å². The summed E-state index contributed by atoms with van der Waals surface area (Å²) in [5.74, 6) is -0.564. The lowest BCUT2D eigenvalue weighted by Crippen LogP contribution is -2.31. The summed E-state index contributed by atoms with van der Waals surface area (Å²) in [4.78, 5) is 38.9. The van der Waals surface area contributed by atoms with Crippen LogP contribution in [-0.2, 0) is 4.74 Å². The lowest BCUT2D eigenvalue weighted by atomic mass is 10.1. The second-order valence-electron chi connectivity index (χ2n) is 9.99. The predicted molar refractivity (Wildman–Crippen MR) is 149 cm³/mol. The number of amides is 2. The van der Waals surface area contributed by atoms with Gasteiger partial charge in [0.05, 0.1) is 35.0 Å². The highest BCUT2D eigenvalue weighted by Crippen LogP contribution is 2.25. The highest BCUT2D eigenvalue weighted by Gasteiger charge is 2.22. The van der Waals surface area contributed by atoms with E-state index in [4.69, 9.17) is 4.74 Å². The van der Waals surface area contributed by atoms with E-state index in [0.717, 1.165) is 57.6 Å². The van der Waals surface area contributed by atoms with E-state index in [1.165, 1.54) is 18.3 Å². The molecule has 2 aromatic heterocycles. The van der Waals surface area contributed by atoms with E-state index in [9.17, 15) is 14.0 Å². The van der Waals surface area contributed by atoms with Gasteiger partial charge in [-0.25, -0.2) is 9.37 Å². The molecule has 204 valence electrons. The van der Waals surface area contributed by atoms with Crippen LogP contribution in [0.1, 0.15) is 58.5 Å². The third-order valence-corrected chi connectivity index (χ3v) is 7.16. The van der Waals surface area contributed by atoms with Crippen LogP contribution in [0.15, 0.2) is 48.8 Å². The molecule has 0 spiro atoms. The number of carbonyl (C=O) groups is 2. The molecule has 2 fully saturated rings. The number of piperidine rings is 1. The van der Waals surface area contributed by atoms with Gasteiger partial charge in [-0.05, 0) is 75.4 Å². The summed E-state index contributed by atoms with van der Waals surface area (Å²) < 4.78 is 20.1. The maximum absolute atomic E-state index is 14.4. The Morgan fingerprint density at radius 1 is 0.974 bits per heavy atom. The zero-order chi connectivity index (χ0) is 27.4. The molecule has 1 unspecified atom stereocenters. The molecular weight excluding hydrogens is 499 g/mol. The molecule has 2 aliphatic rings. The van der Waals surface area contributed by atoms with Crippen molar-refractivity contribution < 1.29 is 18.7 Å². The second kappa shape index (κ2) is 11.8. The molecule has 0 saturated carbocycles. The van der Waals surface area contributed by atoms with Crippen molar-refractivity contribution in [2.75, 3.05) is 47.2 Å². The number of nitrogens with zero attached hydrogens (tertiary/aromatic N) is 4. The smallest absolute Gasteiger partial charge is 0.257 e. The number of halogens is 1. The van der Waals surface area contributed by atoms with E-state index in [2.05, 4.69) is 25.5 Å². The van der Waals surface area contributed by atoms with Gasteiger partial charge >= 0.3 is 0 Å². The first-order chi connectivity index (χ1) is 18.9. The average molecular weight is 533 g/mol. The molecule has 9 nitrogen and oxygen atoms in total. The first-order valence-corrected chi connectivity index (χ1v) is 13.3. The minimum absolute atomic E-state index is 0.00773. The van der Waals surface area contributed by atoms with Crippen LogP contribution in [0.5, 0.6) is 0 Å². The Morgan fingerprint density at radius 2 is 1.74 bits per heavy atom. The Bertz CT molecular complexity index is 1340. The summed E-state index contributed by atoms with van der Waals surface area (Å²) in [6.07, 6.45) is 8.31. The van der Waals surface area contributed by atoms with Crippen LogP contribution in [0.4, 0.5) is 27.3 Å². The first-order valence-electron chi connectivity index (χ1n) is 13.3. The van der Waals surface area contributed by atoms with E-state index < -0.39 is 11.7 Å². The van der Waals surface area contributed by atoms with Crippen LogP contribution in [0, 0.1) is 12.7 Å². The Labute approximate surface area is 227 Å². The van der Waals surface area contributed by atoms with Crippen LogP contribution in [0.3, 0.4) is 0 Å². The molecule has 1 atom stereocenters. The van der Waals surface area contributed by atoms with E-state index in [1.54, 1.807) is 31.3 Å². The molecule has 4 heterocycles. The lowest BCUT2D eigenvalue weighted by molar-refractivity contribution is 0.101. The monoisotopic (exact) mass is 532 g/mol. The van der Waals surface area contributed by atoms with Crippen molar-refractivity contribution in [3.05, 3.63) is 71.4 Å². The number of rotatable bonds is 7. The number of aryl methyl sites for hydroxylation is 1. The summed E-state index contributed by atoms with van der Waals surface area (Å²) in [6.45, 7) is 4.15. The second-order valence-corrected chi connectivity index (χ2v) is 9.99. The van der Waals surface area contributed by atoms with Gasteiger partial charge in [0.2, 0.25) is 0 Å². The van der Waals surface area contributed by atoms with Gasteiger partial charge < -0.3 is 25.2 Å². The summed E-state index contributed by atoms with van der Waals surface area (Å²) in [7, 11) is 1.93. The van der Waals surface area contributed by atoms with Crippen LogP contribution in [-0.4, -0.2) is 54.8 Å². The van der Waals surface area contributed by atoms with Gasteiger partial charge in [-0.1, -0.05) is 0 Å². The topological polar surface area (TPSA) is 99.7 Å². The van der Waals surface area contributed by atoms with Crippen molar-refractivity contribution in [3.8, 4) is 0 Å². The molecule has 10 heteroatoms. The Morgan fingerprint density at radius 3 is 2.46 bits per heavy atom. The van der Waals surface area contributed by atoms with Crippen LogP contribution >= 0.6 is 0 Å². The molecule has 5 rings (SSSR count). The molecule has 3 aromatic rings. The fourth-order valence-electron chi connectivity index (χ4n) is 4.96. The maximum atomic E-state index is 14.4. The molecule has 2 saturated heterocycles. The predicted octanol–water partition coefficient (Wildman–Crippen LogP) is 4.99. The van der Waals surface area contributed by atoms with Gasteiger partial charge in [0.25, 0.3) is 11.8 Å². The van der Waals surface area contributed by atoms with Gasteiger partial charge in [0.1, 0.15) is 17.9 Å². The van der Waals surface area contributed by atoms with Crippen molar-refractivity contribution in [2.45, 2.75) is 45.3 Å². The van der Waals surface area contributed by atoms with E-state index in [-0.39, 0.29) is 17.7 Å². The fraction of sp³-hybridized carbons (Fsp3) is 0.379. The third kappa shape index (κ3) is 6.34. The molecule has 0 bridgehead atoms. The SMILES string of the molecule is Cc1ncc(NC(=O)c2cc(F)cc(N3CCCCC3)c2)cc1C(=O)Nc1ccc(N(C)C2CCCO2)nc1. The summed E-state index contributed by atoms with van der Waals surface area (Å²) in [5, 5.41) is 5.59. The number of nitrogens with one attached hydrogen (secondary N) is 2. The van der Waals surface area contributed by atoms with E-state index in [1.807, 2.05) is 18.0 Å². The van der Waals surface area contributed by atoms with Gasteiger partial charge in [-0.2, -0.15) is 0 Å². The molecule has 0 aliphatic carbocycles. The maximum Gasteiger partial charge on any atom is 0.257 e. The molecular formula is C29H33FN6O3. The Hall–Kier alpha value is -4.05. The van der Waals surface area contributed by atoms with Crippen LogP contribution in [0.2, 0.25) is 0 Å². The zero-order valence-corrected chi connectivity index (χ0v) is 22.2. The normalized spacial score (nSPS) is 17.1. The minimum Gasteiger partial charge on any atom is -0.371 e. The molecule has 39 heavy (non-hydrogen) atoms. The number of anilines is 4. The standard InChI is InChI=1S/C29H33FN6O3/c1-19-25(29(38)33-22-8-9-26(32-17-22)35(2)27-7-6-12-39-27)16-23(18-31-19)34-28(37)20-13-21(30)15-24(14-20)36-10-4-3-5-11-36/h8-9,13-18,27H,3-7,10-12H2,1-2H3,(H,33,38)(H,34,37). The first kappa shape index (κ1) is 26.6. The van der Waals surface area contributed by atoms with Crippen molar-refractivity contribution in [1.29, 1.82) is 0 Å². The molecule has 2 amide bonds. The minimum atomic E-state index is -0.472. The van der Waals surface area contributed by atoms with E-state index in [0.29, 0.717) is 28.3 Å². The molecule has 2 N–H and O–H groups in total. The van der Waals surface area contributed by atoms with Gasteiger partial charge in [-0.15, -0.1) is 0 Å². The van der Waals surface area contributed by atoms with Crippen LogP contribution in [0.25, 0.3) is 0 Å². The lowest BCUT2D eigenvalue weighted by Gasteiger charge is -2.29. The summed E-state index contributed by atoms with van der Waals surface area (Å²) in [5.41, 5.74) is 2.59. The number of hydrogen-bond acceptors (Lipinski definition) is 7. The average Bonchev–Trinajstić information content (AvgIpc) is 3.49. The Kier molecular flexibility index (Phi) is 8.02. The number of hydrogen-bond donors (Lipinski definition) is 2. The Balaban J connectivity index is 1.26. The van der Waals surface area contributed by atoms with Gasteiger partial charge in [0, 0.05) is 38.0 Å². The quantitative estimate of drug-likeness (QED) is 0.442. The number of ether oxygens (including phenoxy) is 1. The van der Waals surface area contributed by atoms with Crippen molar-refractivity contribution in [1.82, 2.24) is 9.97 Å². The number of carbonyl (C=O) groups excluding carboxylic acids is 2. The number of benzene rings is 1. The summed E-state index contributed by atoms with van der Waals surface area (Å²) in [6, 6.07) is 9.55. The molecule has 1 aromatic carbocycles. The van der Waals surface area contributed by atoms with E-state index >= 15 is 0 Å². The number of aromatic nitrogens is 2. The van der Waals surface area contributed by atoms with Gasteiger partial charge in [-0.3, -0.25) is 14.6 Å². The van der Waals surface area contributed by atoms with Crippen molar-refractivity contribution in [3.63, 3.8) is 0 Å². The highest BCUT2D eigenvalue weighted by atomic mass is 19.1. The molecule has 0 radical (unpaired) electrons. The third-order valence-electron chi connectivity index (χ3n) is 7.16. The largest absolute Gasteiger partial charge is 0.371 e. The zero-order valence-electron chi connectivity index (χ0n) is 22.2. The summed E-state index contributed by atoms with van der Waals surface area (Å²) >= 11 is 0. The number of pyridine rings is 2. The van der Waals surface area contributed by atoms with Gasteiger partial charge in [0.15, 0.2) is 0 Å². The van der Waals surface area contributed by atoms with Crippen molar-refractivity contribution in [2.24, 2.45) is 0 Å². The fourth-order valence-corrected chi connectivity index (χ4v) is 4.96. The van der Waals surface area contributed by atoms with Crippen LogP contribution < -0.4 is 20.4 Å². The highest BCUT2D eigenvalue weighted by molar-refractivity contribution is 6.08.